The summed E-state index contributed by atoms with van der Waals surface area (Å²) in [5, 5.41) is 11.8. The molecule has 0 aliphatic heterocycles. The summed E-state index contributed by atoms with van der Waals surface area (Å²) in [4.78, 5) is 4.86. The minimum atomic E-state index is -1.03. The SMILES string of the molecule is CC/C=C(/CC(C)(C)CC)N=C(C)C(C)(O)CC1=CCC(C)(c2ccc(P)c(F)c2)C=C1. The maximum Gasteiger partial charge on any atom is 0.130 e. The molecular formula is C28H41FNOP. The van der Waals surface area contributed by atoms with Crippen molar-refractivity contribution >= 4 is 20.3 Å². The summed E-state index contributed by atoms with van der Waals surface area (Å²) >= 11 is 0. The first-order chi connectivity index (χ1) is 14.8. The Bertz CT molecular complexity index is 939. The molecule has 3 unspecified atom stereocenters. The molecular weight excluding hydrogens is 416 g/mol. The van der Waals surface area contributed by atoms with Gasteiger partial charge in [-0.05, 0) is 55.7 Å². The second kappa shape index (κ2) is 10.6. The van der Waals surface area contributed by atoms with Gasteiger partial charge >= 0.3 is 0 Å². The molecule has 0 saturated carbocycles. The van der Waals surface area contributed by atoms with Gasteiger partial charge in [-0.3, -0.25) is 4.99 Å². The van der Waals surface area contributed by atoms with Crippen LogP contribution in [-0.4, -0.2) is 16.4 Å². The van der Waals surface area contributed by atoms with Gasteiger partial charge < -0.3 is 5.11 Å². The molecule has 1 aliphatic carbocycles. The van der Waals surface area contributed by atoms with E-state index in [4.69, 9.17) is 4.99 Å². The number of allylic oxidation sites excluding steroid dienone is 5. The monoisotopic (exact) mass is 457 g/mol. The van der Waals surface area contributed by atoms with Crippen LogP contribution in [0.1, 0.15) is 86.1 Å². The normalized spacial score (nSPS) is 22.0. The second-order valence-corrected chi connectivity index (χ2v) is 11.0. The highest BCUT2D eigenvalue weighted by Gasteiger charge is 2.30. The Morgan fingerprint density at radius 3 is 2.50 bits per heavy atom. The van der Waals surface area contributed by atoms with E-state index in [1.165, 1.54) is 0 Å². The van der Waals surface area contributed by atoms with Gasteiger partial charge in [0.1, 0.15) is 11.4 Å². The van der Waals surface area contributed by atoms with E-state index in [0.717, 1.165) is 48.2 Å². The molecule has 0 fully saturated rings. The fourth-order valence-electron chi connectivity index (χ4n) is 3.87. The van der Waals surface area contributed by atoms with E-state index in [2.05, 4.69) is 68.2 Å². The predicted molar refractivity (Wildman–Crippen MR) is 140 cm³/mol. The predicted octanol–water partition coefficient (Wildman–Crippen LogP) is 7.19. The van der Waals surface area contributed by atoms with E-state index in [-0.39, 0.29) is 16.6 Å². The van der Waals surface area contributed by atoms with Gasteiger partial charge in [0.15, 0.2) is 0 Å². The first-order valence-corrected chi connectivity index (χ1v) is 12.3. The highest BCUT2D eigenvalue weighted by Crippen LogP contribution is 2.36. The van der Waals surface area contributed by atoms with Gasteiger partial charge in [-0.2, -0.15) is 0 Å². The van der Waals surface area contributed by atoms with E-state index in [1.54, 1.807) is 12.1 Å². The van der Waals surface area contributed by atoms with Crippen LogP contribution >= 0.6 is 9.24 Å². The molecule has 0 spiro atoms. The number of rotatable bonds is 9. The summed E-state index contributed by atoms with van der Waals surface area (Å²) in [7, 11) is 2.42. The van der Waals surface area contributed by atoms with Crippen LogP contribution in [0.4, 0.5) is 4.39 Å². The summed E-state index contributed by atoms with van der Waals surface area (Å²) in [6.07, 6.45) is 12.7. The molecule has 0 bridgehead atoms. The molecule has 176 valence electrons. The fraction of sp³-hybridized carbons (Fsp3) is 0.536. The maximum atomic E-state index is 14.1. The van der Waals surface area contributed by atoms with Crippen molar-refractivity contribution in [3.05, 3.63) is 65.2 Å². The van der Waals surface area contributed by atoms with Crippen LogP contribution in [0.25, 0.3) is 0 Å². The molecule has 1 N–H and O–H groups in total. The third-order valence-corrected chi connectivity index (χ3v) is 7.28. The molecule has 1 aliphatic rings. The third-order valence-electron chi connectivity index (χ3n) is 6.81. The summed E-state index contributed by atoms with van der Waals surface area (Å²) in [6.45, 7) is 14.7. The molecule has 32 heavy (non-hydrogen) atoms. The van der Waals surface area contributed by atoms with Gasteiger partial charge in [-0.15, -0.1) is 9.24 Å². The van der Waals surface area contributed by atoms with Gasteiger partial charge in [0.05, 0.1) is 0 Å². The zero-order valence-corrected chi connectivity index (χ0v) is 22.1. The van der Waals surface area contributed by atoms with E-state index in [0.29, 0.717) is 11.7 Å². The molecule has 4 heteroatoms. The van der Waals surface area contributed by atoms with Gasteiger partial charge in [-0.25, -0.2) is 4.39 Å². The topological polar surface area (TPSA) is 32.6 Å². The largest absolute Gasteiger partial charge is 0.384 e. The molecule has 2 rings (SSSR count). The van der Waals surface area contributed by atoms with E-state index >= 15 is 0 Å². The smallest absolute Gasteiger partial charge is 0.130 e. The van der Waals surface area contributed by atoms with Crippen molar-refractivity contribution in [3.63, 3.8) is 0 Å². The molecule has 2 nitrogen and oxygen atoms in total. The average molecular weight is 458 g/mol. The Hall–Kier alpha value is -1.57. The quantitative estimate of drug-likeness (QED) is 0.309. The van der Waals surface area contributed by atoms with Crippen LogP contribution in [0.3, 0.4) is 0 Å². The van der Waals surface area contributed by atoms with Crippen molar-refractivity contribution in [2.24, 2.45) is 10.4 Å². The fourth-order valence-corrected chi connectivity index (χ4v) is 4.05. The molecule has 0 amide bonds. The summed E-state index contributed by atoms with van der Waals surface area (Å²) in [5.74, 6) is -0.200. The summed E-state index contributed by atoms with van der Waals surface area (Å²) in [5.41, 5.74) is 2.75. The molecule has 0 radical (unpaired) electrons. The molecule has 3 atom stereocenters. The van der Waals surface area contributed by atoms with Crippen molar-refractivity contribution in [1.29, 1.82) is 0 Å². The van der Waals surface area contributed by atoms with Crippen LogP contribution in [0.2, 0.25) is 0 Å². The number of aliphatic imine (C=N–C) groups is 1. The van der Waals surface area contributed by atoms with Crippen LogP contribution in [0, 0.1) is 11.2 Å². The number of halogens is 1. The Morgan fingerprint density at radius 1 is 1.28 bits per heavy atom. The summed E-state index contributed by atoms with van der Waals surface area (Å²) < 4.78 is 14.1. The van der Waals surface area contributed by atoms with Gasteiger partial charge in [0, 0.05) is 28.5 Å². The van der Waals surface area contributed by atoms with Gasteiger partial charge in [-0.1, -0.05) is 77.5 Å². The Morgan fingerprint density at radius 2 is 1.97 bits per heavy atom. The van der Waals surface area contributed by atoms with Crippen molar-refractivity contribution in [3.8, 4) is 0 Å². The third kappa shape index (κ3) is 6.96. The minimum absolute atomic E-state index is 0.184. The van der Waals surface area contributed by atoms with Crippen molar-refractivity contribution in [2.45, 2.75) is 91.6 Å². The standard InChI is InChI=1S/C28H41FNOP/c1-8-10-23(19-26(4,5)9-2)30-20(3)28(7,31)18-21-13-15-27(6,16-14-21)22-11-12-25(32)24(29)17-22/h10-15,17,31H,8-9,16,18-19,32H2,1-7H3/b23-10-,30-20?. The van der Waals surface area contributed by atoms with Crippen LogP contribution in [0.5, 0.6) is 0 Å². The highest BCUT2D eigenvalue weighted by atomic mass is 31.0. The molecule has 1 aromatic rings. The maximum absolute atomic E-state index is 14.1. The number of aliphatic hydroxyl groups is 1. The number of hydrogen-bond donors (Lipinski definition) is 1. The van der Waals surface area contributed by atoms with Gasteiger partial charge in [0.2, 0.25) is 0 Å². The van der Waals surface area contributed by atoms with Crippen molar-refractivity contribution in [1.82, 2.24) is 0 Å². The van der Waals surface area contributed by atoms with E-state index < -0.39 is 5.60 Å². The zero-order chi connectivity index (χ0) is 24.2. The molecule has 0 aromatic heterocycles. The minimum Gasteiger partial charge on any atom is -0.384 e. The molecule has 0 saturated heterocycles. The Kier molecular flexibility index (Phi) is 8.82. The second-order valence-electron chi connectivity index (χ2n) is 10.4. The Balaban J connectivity index is 2.15. The molecule has 0 heterocycles. The first-order valence-electron chi connectivity index (χ1n) is 11.7. The Labute approximate surface area is 197 Å². The molecule has 1 aromatic carbocycles. The van der Waals surface area contributed by atoms with Crippen molar-refractivity contribution < 1.29 is 9.50 Å². The number of nitrogens with zero attached hydrogens (tertiary/aromatic N) is 1. The van der Waals surface area contributed by atoms with E-state index in [9.17, 15) is 9.50 Å². The van der Waals surface area contributed by atoms with Crippen LogP contribution in [0.15, 0.2) is 58.8 Å². The number of benzene rings is 1. The lowest BCUT2D eigenvalue weighted by Crippen LogP contribution is -2.34. The highest BCUT2D eigenvalue weighted by molar-refractivity contribution is 7.27. The van der Waals surface area contributed by atoms with Crippen LogP contribution < -0.4 is 5.30 Å². The lowest BCUT2D eigenvalue weighted by molar-refractivity contribution is 0.133. The van der Waals surface area contributed by atoms with Gasteiger partial charge in [0.25, 0.3) is 0 Å². The zero-order valence-electron chi connectivity index (χ0n) is 20.9. The lowest BCUT2D eigenvalue weighted by atomic mass is 9.75. The van der Waals surface area contributed by atoms with E-state index in [1.807, 2.05) is 19.9 Å². The first kappa shape index (κ1) is 26.7. The summed E-state index contributed by atoms with van der Waals surface area (Å²) in [6, 6.07) is 5.41. The van der Waals surface area contributed by atoms with Crippen molar-refractivity contribution in [2.75, 3.05) is 0 Å². The van der Waals surface area contributed by atoms with Crippen LogP contribution in [-0.2, 0) is 5.41 Å². The number of hydrogen-bond acceptors (Lipinski definition) is 2. The lowest BCUT2D eigenvalue weighted by Gasteiger charge is -2.31. The average Bonchev–Trinajstić information content (AvgIpc) is 2.71.